The average molecular weight is 1160 g/mol. The van der Waals surface area contributed by atoms with E-state index in [4.69, 9.17) is 0 Å². The topological polar surface area (TPSA) is 330 Å². The smallest absolute Gasteiger partial charge is 0.282 e. The highest BCUT2D eigenvalue weighted by Crippen LogP contribution is 2.52. The Morgan fingerprint density at radius 2 is 0.167 bits per heavy atom. The van der Waals surface area contributed by atoms with Gasteiger partial charge in [-0.3, -0.25) is 137 Å². The third-order valence-corrected chi connectivity index (χ3v) is 22.0. The molecule has 0 radical (unpaired) electrons. The Hall–Kier alpha value is -10.2. The minimum Gasteiger partial charge on any atom is -0.282 e. The Morgan fingerprint density at radius 1 is 0.119 bits per heavy atom. The Labute approximate surface area is 467 Å². The van der Waals surface area contributed by atoms with Crippen molar-refractivity contribution in [3.8, 4) is 0 Å². The predicted octanol–water partition coefficient (Wildman–Crippen LogP) is -6.61. The van der Waals surface area contributed by atoms with Crippen LogP contribution in [0.5, 0.6) is 0 Å². The number of rotatable bonds is 0. The lowest BCUT2D eigenvalue weighted by Gasteiger charge is -2.42. The maximum atomic E-state index is 15.3. The van der Waals surface area contributed by atoms with E-state index in [1.807, 2.05) is 0 Å². The van der Waals surface area contributed by atoms with Gasteiger partial charge in [0.1, 0.15) is 93.4 Å². The van der Waals surface area contributed by atoms with Crippen LogP contribution in [0.4, 0.5) is 67.1 Å². The van der Waals surface area contributed by atoms with Crippen molar-refractivity contribution in [3.05, 3.63) is 0 Å². The molecule has 84 heavy (non-hydrogen) atoms. The molecule has 0 atom stereocenters. The average Bonchev–Trinajstić information content (AvgIpc) is 1.62. The van der Waals surface area contributed by atoms with Crippen LogP contribution in [0.2, 0.25) is 0 Å². The van der Waals surface area contributed by atoms with Gasteiger partial charge < -0.3 is 0 Å². The number of carbonyl (C=O) groups is 14. The summed E-state index contributed by atoms with van der Waals surface area (Å²) < 4.78 is 0. The molecule has 21 saturated heterocycles. The highest BCUT2D eigenvalue weighted by Gasteiger charge is 2.77. The first-order valence-corrected chi connectivity index (χ1v) is 27.5. The standard InChI is InChI=1S/C42H42N28O14/c71-29-43-1-44-16-18-48(30(44)72)4-52-20-22-56(34(52)76)8-60-24-26-64(38(60)80)12-68-28-27-67(41(68)83)11-63-25-23-59(37(63)79)7-55-21-19-51(33(55)75)3-47(29)17-15(43)45-2-46(16)32(74)50(18)6-54(20)36(78)58(22)10-62(24)40(82)66(26)14-70(28)42(84)69(27)13-65(25)39(81)61(23)9-57(21)35(77)53(19)5-49(17)31(45)73/h15-28H,1-14H2/t15-,16+,17+,18-,19-,20+,21+,22-,23-,24+,25+,26-,27-,28+. The van der Waals surface area contributed by atoms with Gasteiger partial charge in [-0.05, 0) is 0 Å². The molecule has 434 valence electrons. The van der Waals surface area contributed by atoms with Crippen LogP contribution in [-0.4, -0.2) is 401 Å². The molecule has 0 saturated carbocycles. The SMILES string of the molecule is O=C1N2CN3C(=O)N4CN5C(=O)N6CN7C(=O)N8CN9C(=O)N%10CN%11C(=O)N%12CN%13C(=O)N%14CN1[C@H]1[C@@H]2N2CN%15C(=O)N(CN%16C(=O)N(CN%17C(=O)N(CN%18C(=O)N(CN%19C(=O)N(CN%20C(=O)N(CN1C2=O)[C@H]%14[C@@H]%20%13)[C@H]%12[C@@H]%19%11)[C@H]%10[C@@H]%189)[C@H]8[C@@H]%177)[C@H]6[C@@H]%165)[C@H]4[C@@H]%153. The molecule has 0 bridgehead atoms. The van der Waals surface area contributed by atoms with E-state index in [0.717, 1.165) is 0 Å². The van der Waals surface area contributed by atoms with Crippen LogP contribution in [0.25, 0.3) is 0 Å². The molecular weight excluding hydrogens is 1120 g/mol. The third-order valence-electron chi connectivity index (χ3n) is 22.0. The van der Waals surface area contributed by atoms with Gasteiger partial charge in [-0.1, -0.05) is 0 Å². The van der Waals surface area contributed by atoms with Gasteiger partial charge in [-0.25, -0.2) is 67.1 Å². The number of hydrogen-bond donors (Lipinski definition) is 0. The summed E-state index contributed by atoms with van der Waals surface area (Å²) in [5, 5.41) is 0. The van der Waals surface area contributed by atoms with Crippen molar-refractivity contribution in [2.24, 2.45) is 0 Å². The Bertz CT molecular complexity index is 2540. The van der Waals surface area contributed by atoms with Gasteiger partial charge in [-0.15, -0.1) is 0 Å². The van der Waals surface area contributed by atoms with Crippen LogP contribution < -0.4 is 0 Å². The molecule has 21 heterocycles. The largest absolute Gasteiger partial charge is 0.326 e. The second kappa shape index (κ2) is 12.7. The number of hydrogen-bond acceptors (Lipinski definition) is 14. The van der Waals surface area contributed by atoms with Crippen LogP contribution in [0, 0.1) is 0 Å². The first-order chi connectivity index (χ1) is 40.5. The molecule has 0 unspecified atom stereocenters. The molecule has 28 amide bonds. The zero-order valence-corrected chi connectivity index (χ0v) is 43.2. The quantitative estimate of drug-likeness (QED) is 0.218. The van der Waals surface area contributed by atoms with Crippen LogP contribution in [0.1, 0.15) is 0 Å². The summed E-state index contributed by atoms with van der Waals surface area (Å²) >= 11 is 0. The molecule has 21 fully saturated rings. The van der Waals surface area contributed by atoms with Crippen LogP contribution in [0.3, 0.4) is 0 Å². The lowest BCUT2D eigenvalue weighted by atomic mass is 10.3. The van der Waals surface area contributed by atoms with Gasteiger partial charge in [0.05, 0.1) is 0 Å². The van der Waals surface area contributed by atoms with E-state index in [1.165, 1.54) is 137 Å². The summed E-state index contributed by atoms with van der Waals surface area (Å²) in [4.78, 5) is 251. The van der Waals surface area contributed by atoms with E-state index in [2.05, 4.69) is 0 Å². The molecule has 0 spiro atoms. The van der Waals surface area contributed by atoms with Gasteiger partial charge in [-0.2, -0.15) is 0 Å². The van der Waals surface area contributed by atoms with Gasteiger partial charge in [0.15, 0.2) is 86.3 Å². The van der Waals surface area contributed by atoms with Gasteiger partial charge in [0.2, 0.25) is 0 Å². The Balaban J connectivity index is 0.738. The molecule has 0 aromatic carbocycles. The third kappa shape index (κ3) is 4.06. The van der Waals surface area contributed by atoms with Gasteiger partial charge >= 0.3 is 84.4 Å². The van der Waals surface area contributed by atoms with Crippen molar-refractivity contribution in [2.45, 2.75) is 86.3 Å². The highest BCUT2D eigenvalue weighted by molar-refractivity contribution is 5.95. The second-order valence-electron chi connectivity index (χ2n) is 24.9. The fourth-order valence-corrected chi connectivity index (χ4v) is 18.7. The molecular formula is C42H42N28O14. The minimum absolute atomic E-state index is 0.507. The van der Waals surface area contributed by atoms with E-state index in [0.29, 0.717) is 0 Å². The summed E-state index contributed by atoms with van der Waals surface area (Å²) in [7, 11) is 0. The van der Waals surface area contributed by atoms with E-state index in [9.17, 15) is 0 Å². The molecule has 0 N–H and O–H groups in total. The first-order valence-electron chi connectivity index (χ1n) is 27.5. The number of urea groups is 14. The minimum atomic E-state index is -1.23. The monoisotopic (exact) mass is 1160 g/mol. The summed E-state index contributed by atoms with van der Waals surface area (Å²) in [6.45, 7) is -7.10. The molecule has 21 aliphatic rings. The summed E-state index contributed by atoms with van der Waals surface area (Å²) in [6.07, 6.45) is -17.2. The molecule has 21 aliphatic heterocycles. The van der Waals surface area contributed by atoms with E-state index >= 15 is 67.1 Å². The fraction of sp³-hybridized carbons (Fsp3) is 0.667. The van der Waals surface area contributed by atoms with Crippen molar-refractivity contribution in [2.75, 3.05) is 93.4 Å². The number of amides is 28. The lowest BCUT2D eigenvalue weighted by molar-refractivity contribution is -0.0191. The van der Waals surface area contributed by atoms with E-state index < -0.39 is 264 Å². The van der Waals surface area contributed by atoms with Crippen LogP contribution >= 0.6 is 0 Å². The molecule has 42 nitrogen and oxygen atoms in total. The maximum Gasteiger partial charge on any atom is 0.326 e. The number of carbonyl (C=O) groups excluding carboxylic acids is 14. The first kappa shape index (κ1) is 43.5. The molecule has 0 aromatic rings. The second-order valence-corrected chi connectivity index (χ2v) is 24.9. The lowest BCUT2D eigenvalue weighted by Crippen LogP contribution is -2.63. The Morgan fingerprint density at radius 3 is 0.214 bits per heavy atom. The molecule has 21 rings (SSSR count). The van der Waals surface area contributed by atoms with Crippen molar-refractivity contribution < 1.29 is 67.1 Å². The zero-order chi connectivity index (χ0) is 56.2. The summed E-state index contributed by atoms with van der Waals surface area (Å²) in [6, 6.07) is -9.95. The predicted molar refractivity (Wildman–Crippen MR) is 248 cm³/mol. The summed E-state index contributed by atoms with van der Waals surface area (Å²) in [5.41, 5.74) is 0. The molecule has 0 aliphatic carbocycles. The maximum absolute atomic E-state index is 15.3. The van der Waals surface area contributed by atoms with E-state index in [-0.39, 0.29) is 0 Å². The van der Waals surface area contributed by atoms with Crippen molar-refractivity contribution in [3.63, 3.8) is 0 Å². The van der Waals surface area contributed by atoms with Gasteiger partial charge in [0.25, 0.3) is 0 Å². The fourth-order valence-electron chi connectivity index (χ4n) is 18.7. The van der Waals surface area contributed by atoms with Crippen LogP contribution in [0.15, 0.2) is 0 Å². The Kier molecular flexibility index (Phi) is 6.58. The van der Waals surface area contributed by atoms with Crippen molar-refractivity contribution in [1.82, 2.24) is 137 Å². The summed E-state index contributed by atoms with van der Waals surface area (Å²) in [5.74, 6) is 0. The van der Waals surface area contributed by atoms with Gasteiger partial charge in [0, 0.05) is 0 Å². The van der Waals surface area contributed by atoms with Crippen LogP contribution in [-0.2, 0) is 0 Å². The zero-order valence-electron chi connectivity index (χ0n) is 43.2. The molecule has 42 heteroatoms. The normalized spacial score (nSPS) is 40.3. The highest BCUT2D eigenvalue weighted by atomic mass is 16.3. The van der Waals surface area contributed by atoms with Crippen molar-refractivity contribution >= 4 is 84.4 Å². The van der Waals surface area contributed by atoms with E-state index in [1.54, 1.807) is 0 Å². The molecule has 0 aromatic heterocycles. The van der Waals surface area contributed by atoms with Crippen molar-refractivity contribution in [1.29, 1.82) is 0 Å². The number of nitrogens with zero attached hydrogens (tertiary/aromatic N) is 28.